The number of alkyl carbamates (subject to hydrolysis) is 1. The van der Waals surface area contributed by atoms with Gasteiger partial charge in [0.05, 0.1) is 12.1 Å². The molecule has 2 bridgehead atoms. The van der Waals surface area contributed by atoms with Crippen LogP contribution in [0.25, 0.3) is 11.1 Å². The molecule has 0 spiro atoms. The smallest absolute Gasteiger partial charge is 0.407 e. The number of fused-ring (bicyclic) bond motifs is 6. The van der Waals surface area contributed by atoms with Crippen LogP contribution >= 0.6 is 0 Å². The van der Waals surface area contributed by atoms with Gasteiger partial charge in [0.1, 0.15) is 12.6 Å². The lowest BCUT2D eigenvalue weighted by Crippen LogP contribution is -2.57. The molecular formula is C26H28N2O6. The standard InChI is InChI=1S/C26H28N2O6/c29-24(30)14-13-23(25(31)28-16-9-11-17(34-28)12-10-16)27-26(32)33-15-22-20-7-3-1-5-18(20)19-6-2-4-8-21(19)22/h1-8,16-17,22-23H,9-15H2,(H,27,32)(H,29,30). The predicted octanol–water partition coefficient (Wildman–Crippen LogP) is 3.84. The first kappa shape index (κ1) is 22.4. The molecular weight excluding hydrogens is 436 g/mol. The van der Waals surface area contributed by atoms with Crippen LogP contribution in [0.1, 0.15) is 55.6 Å². The van der Waals surface area contributed by atoms with Crippen LogP contribution in [0, 0.1) is 0 Å². The van der Waals surface area contributed by atoms with Crippen molar-refractivity contribution in [2.45, 2.75) is 62.6 Å². The topological polar surface area (TPSA) is 105 Å². The lowest BCUT2D eigenvalue weighted by molar-refractivity contribution is -0.264. The zero-order chi connectivity index (χ0) is 23.7. The molecule has 0 radical (unpaired) electrons. The van der Waals surface area contributed by atoms with Crippen LogP contribution < -0.4 is 5.32 Å². The van der Waals surface area contributed by atoms with Crippen LogP contribution in [0.4, 0.5) is 4.79 Å². The van der Waals surface area contributed by atoms with E-state index in [1.165, 1.54) is 5.06 Å². The van der Waals surface area contributed by atoms with E-state index in [0.717, 1.165) is 47.9 Å². The number of rotatable bonds is 7. The van der Waals surface area contributed by atoms with Crippen LogP contribution in [0.3, 0.4) is 0 Å². The first-order valence-corrected chi connectivity index (χ1v) is 11.8. The van der Waals surface area contributed by atoms with Crippen LogP contribution in [-0.2, 0) is 19.2 Å². The second kappa shape index (κ2) is 9.46. The summed E-state index contributed by atoms with van der Waals surface area (Å²) < 4.78 is 5.57. The van der Waals surface area contributed by atoms with Crippen LogP contribution in [-0.4, -0.2) is 52.9 Å². The van der Waals surface area contributed by atoms with Crippen LogP contribution in [0.5, 0.6) is 0 Å². The highest BCUT2D eigenvalue weighted by Crippen LogP contribution is 2.44. The normalized spacial score (nSPS) is 21.5. The molecule has 1 atom stereocenters. The summed E-state index contributed by atoms with van der Waals surface area (Å²) in [4.78, 5) is 42.8. The van der Waals surface area contributed by atoms with E-state index in [2.05, 4.69) is 17.4 Å². The summed E-state index contributed by atoms with van der Waals surface area (Å²) in [5, 5.41) is 13.1. The summed E-state index contributed by atoms with van der Waals surface area (Å²) in [6, 6.07) is 15.0. The average Bonchev–Trinajstić information content (AvgIpc) is 3.19. The van der Waals surface area contributed by atoms with Gasteiger partial charge in [-0.05, 0) is 54.4 Å². The number of carboxylic acids is 1. The van der Waals surface area contributed by atoms with Crippen molar-refractivity contribution < 1.29 is 29.1 Å². The third-order valence-corrected chi connectivity index (χ3v) is 7.04. The molecule has 3 fully saturated rings. The number of nitrogens with zero attached hydrogens (tertiary/aromatic N) is 1. The molecule has 8 heteroatoms. The van der Waals surface area contributed by atoms with Gasteiger partial charge in [-0.1, -0.05) is 48.5 Å². The molecule has 1 unspecified atom stereocenters. The number of amides is 2. The van der Waals surface area contributed by atoms with Gasteiger partial charge in [-0.3, -0.25) is 14.4 Å². The molecule has 2 heterocycles. The number of ether oxygens (including phenoxy) is 1. The summed E-state index contributed by atoms with van der Waals surface area (Å²) >= 11 is 0. The van der Waals surface area contributed by atoms with Crippen molar-refractivity contribution >= 4 is 18.0 Å². The molecule has 8 nitrogen and oxygen atoms in total. The van der Waals surface area contributed by atoms with Crippen molar-refractivity contribution in [1.82, 2.24) is 10.4 Å². The highest BCUT2D eigenvalue weighted by molar-refractivity contribution is 5.86. The van der Waals surface area contributed by atoms with Crippen molar-refractivity contribution in [2.24, 2.45) is 0 Å². The van der Waals surface area contributed by atoms with Gasteiger partial charge in [0.2, 0.25) is 0 Å². The van der Waals surface area contributed by atoms with Gasteiger partial charge < -0.3 is 15.2 Å². The van der Waals surface area contributed by atoms with Gasteiger partial charge in [-0.15, -0.1) is 0 Å². The molecule has 2 aliphatic carbocycles. The Labute approximate surface area is 197 Å². The zero-order valence-corrected chi connectivity index (χ0v) is 18.8. The average molecular weight is 465 g/mol. The van der Waals surface area contributed by atoms with E-state index < -0.39 is 24.0 Å². The van der Waals surface area contributed by atoms with Gasteiger partial charge in [0.25, 0.3) is 5.91 Å². The number of benzene rings is 2. The minimum Gasteiger partial charge on any atom is -0.481 e. The Hall–Kier alpha value is -3.39. The van der Waals surface area contributed by atoms with Crippen molar-refractivity contribution in [3.8, 4) is 11.1 Å². The second-order valence-electron chi connectivity index (χ2n) is 9.15. The van der Waals surface area contributed by atoms with E-state index in [1.807, 2.05) is 36.4 Å². The molecule has 2 saturated heterocycles. The minimum absolute atomic E-state index is 0.00327. The van der Waals surface area contributed by atoms with Crippen LogP contribution in [0.2, 0.25) is 0 Å². The highest BCUT2D eigenvalue weighted by atomic mass is 16.7. The Kier molecular flexibility index (Phi) is 6.24. The number of carbonyl (C=O) groups is 3. The predicted molar refractivity (Wildman–Crippen MR) is 123 cm³/mol. The van der Waals surface area contributed by atoms with E-state index in [9.17, 15) is 14.4 Å². The quantitative estimate of drug-likeness (QED) is 0.645. The Bertz CT molecular complexity index is 1050. The molecule has 1 saturated carbocycles. The molecule has 2 amide bonds. The number of carbonyl (C=O) groups excluding carboxylic acids is 2. The summed E-state index contributed by atoms with van der Waals surface area (Å²) in [5.41, 5.74) is 4.43. The van der Waals surface area contributed by atoms with Gasteiger partial charge in [-0.2, -0.15) is 0 Å². The third-order valence-electron chi connectivity index (χ3n) is 7.04. The van der Waals surface area contributed by atoms with Crippen molar-refractivity contribution in [3.63, 3.8) is 0 Å². The maximum Gasteiger partial charge on any atom is 0.407 e. The third kappa shape index (κ3) is 4.37. The van der Waals surface area contributed by atoms with Gasteiger partial charge in [0.15, 0.2) is 0 Å². The second-order valence-corrected chi connectivity index (χ2v) is 9.15. The Morgan fingerprint density at radius 3 is 2.18 bits per heavy atom. The summed E-state index contributed by atoms with van der Waals surface area (Å²) in [6.45, 7) is 0.116. The number of carboxylic acid groups (broad SMARTS) is 1. The van der Waals surface area contributed by atoms with E-state index >= 15 is 0 Å². The summed E-state index contributed by atoms with van der Waals surface area (Å²) in [6.07, 6.45) is 2.51. The maximum atomic E-state index is 13.2. The fourth-order valence-electron chi connectivity index (χ4n) is 5.32. The highest BCUT2D eigenvalue weighted by Gasteiger charge is 2.41. The van der Waals surface area contributed by atoms with Crippen molar-refractivity contribution in [1.29, 1.82) is 0 Å². The Balaban J connectivity index is 1.26. The summed E-state index contributed by atoms with van der Waals surface area (Å²) in [5.74, 6) is -1.55. The largest absolute Gasteiger partial charge is 0.481 e. The fourth-order valence-corrected chi connectivity index (χ4v) is 5.32. The summed E-state index contributed by atoms with van der Waals surface area (Å²) in [7, 11) is 0. The molecule has 2 aliphatic heterocycles. The lowest BCUT2D eigenvalue weighted by atomic mass is 9.90. The number of hydrogen-bond donors (Lipinski definition) is 2. The molecule has 178 valence electrons. The first-order valence-electron chi connectivity index (χ1n) is 11.8. The molecule has 2 aromatic carbocycles. The van der Waals surface area contributed by atoms with Crippen molar-refractivity contribution in [3.05, 3.63) is 59.7 Å². The van der Waals surface area contributed by atoms with Gasteiger partial charge in [-0.25, -0.2) is 9.86 Å². The SMILES string of the molecule is O=C(O)CCC(NC(=O)OCC1c2ccccc2-c2ccccc21)C(=O)N1OC2CCC1CC2. The van der Waals surface area contributed by atoms with E-state index in [1.54, 1.807) is 0 Å². The number of nitrogens with one attached hydrogen (secondary N) is 1. The monoisotopic (exact) mass is 464 g/mol. The minimum atomic E-state index is -1.03. The lowest BCUT2D eigenvalue weighted by Gasteiger charge is -2.45. The van der Waals surface area contributed by atoms with Gasteiger partial charge in [0, 0.05) is 12.3 Å². The molecule has 6 rings (SSSR count). The molecule has 2 aromatic rings. The number of hydrogen-bond acceptors (Lipinski definition) is 5. The van der Waals surface area contributed by atoms with Crippen molar-refractivity contribution in [2.75, 3.05) is 6.61 Å². The molecule has 0 aromatic heterocycles. The Morgan fingerprint density at radius 2 is 1.62 bits per heavy atom. The first-order chi connectivity index (χ1) is 16.5. The maximum absolute atomic E-state index is 13.2. The molecule has 4 aliphatic rings. The molecule has 34 heavy (non-hydrogen) atoms. The van der Waals surface area contributed by atoms with Crippen LogP contribution in [0.15, 0.2) is 48.5 Å². The van der Waals surface area contributed by atoms with E-state index in [0.29, 0.717) is 0 Å². The van der Waals surface area contributed by atoms with E-state index in [4.69, 9.17) is 14.7 Å². The number of aliphatic carboxylic acids is 1. The van der Waals surface area contributed by atoms with Gasteiger partial charge >= 0.3 is 12.1 Å². The Morgan fingerprint density at radius 1 is 1.00 bits per heavy atom. The fraction of sp³-hybridized carbons (Fsp3) is 0.423. The van der Waals surface area contributed by atoms with E-state index in [-0.39, 0.29) is 37.5 Å². The number of hydroxylamine groups is 2. The zero-order valence-electron chi connectivity index (χ0n) is 18.8. The molecule has 2 N–H and O–H groups in total.